The molecular weight excluding hydrogens is 551 g/mol. The predicted octanol–water partition coefficient (Wildman–Crippen LogP) is 6.74. The molecule has 210 valence electrons. The van der Waals surface area contributed by atoms with Gasteiger partial charge < -0.3 is 9.64 Å². The Morgan fingerprint density at radius 3 is 2.77 bits per heavy atom. The first-order valence-corrected chi connectivity index (χ1v) is 14.1. The number of aromatic nitrogens is 1. The number of pyridine rings is 1. The van der Waals surface area contributed by atoms with Crippen LogP contribution in [0.3, 0.4) is 0 Å². The van der Waals surface area contributed by atoms with E-state index in [1.807, 2.05) is 0 Å². The molecule has 2 heterocycles. The Labute approximate surface area is 234 Å². The normalized spacial score (nSPS) is 16.3. The standard InChI is InChI=1S/C28H31ClF3N3O3S/c1-38-18-6-7-23-19(16-18)25(20(29)17-33-23)21(30)8-9-28(27(36)34-37)10-13-35(14-11-28)12-3-15-39-24-5-2-4-22(31)26(24)32/h2,4-7,16-17,21,37H,3,8-15H2,1H3,(H,34,36)/t21-/m1/s1. The number of alkyl halides is 1. The average Bonchev–Trinajstić information content (AvgIpc) is 2.96. The maximum Gasteiger partial charge on any atom is 0.249 e. The summed E-state index contributed by atoms with van der Waals surface area (Å²) in [5, 5.41) is 10.2. The van der Waals surface area contributed by atoms with E-state index >= 15 is 4.39 Å². The van der Waals surface area contributed by atoms with Crippen LogP contribution in [-0.4, -0.2) is 53.5 Å². The van der Waals surface area contributed by atoms with Crippen molar-refractivity contribution in [1.82, 2.24) is 15.4 Å². The lowest BCUT2D eigenvalue weighted by atomic mass is 9.73. The van der Waals surface area contributed by atoms with Crippen LogP contribution in [0.4, 0.5) is 13.2 Å². The van der Waals surface area contributed by atoms with Crippen molar-refractivity contribution in [2.45, 2.75) is 43.2 Å². The van der Waals surface area contributed by atoms with Gasteiger partial charge in [-0.3, -0.25) is 15.0 Å². The van der Waals surface area contributed by atoms with Gasteiger partial charge in [0.2, 0.25) is 5.91 Å². The van der Waals surface area contributed by atoms with E-state index in [2.05, 4.69) is 9.88 Å². The minimum Gasteiger partial charge on any atom is -0.497 e. The highest BCUT2D eigenvalue weighted by molar-refractivity contribution is 7.99. The van der Waals surface area contributed by atoms with Crippen LogP contribution in [0.2, 0.25) is 5.02 Å². The summed E-state index contributed by atoms with van der Waals surface area (Å²) < 4.78 is 48.2. The molecule has 1 atom stereocenters. The molecule has 1 aliphatic rings. The maximum atomic E-state index is 15.7. The van der Waals surface area contributed by atoms with Crippen molar-refractivity contribution >= 4 is 40.2 Å². The van der Waals surface area contributed by atoms with Crippen LogP contribution in [0.5, 0.6) is 5.75 Å². The van der Waals surface area contributed by atoms with E-state index in [-0.39, 0.29) is 22.8 Å². The van der Waals surface area contributed by atoms with E-state index in [0.717, 1.165) is 19.0 Å². The number of nitrogens with zero attached hydrogens (tertiary/aromatic N) is 2. The Kier molecular flexibility index (Phi) is 9.98. The predicted molar refractivity (Wildman–Crippen MR) is 146 cm³/mol. The smallest absolute Gasteiger partial charge is 0.249 e. The summed E-state index contributed by atoms with van der Waals surface area (Å²) in [6, 6.07) is 9.32. The van der Waals surface area contributed by atoms with Gasteiger partial charge in [0.15, 0.2) is 11.6 Å². The fourth-order valence-corrected chi connectivity index (χ4v) is 6.30. The number of benzene rings is 2. The van der Waals surface area contributed by atoms with Crippen molar-refractivity contribution in [3.8, 4) is 5.75 Å². The largest absolute Gasteiger partial charge is 0.497 e. The van der Waals surface area contributed by atoms with Crippen molar-refractivity contribution in [2.75, 3.05) is 32.5 Å². The second-order valence-corrected chi connectivity index (χ2v) is 11.3. The lowest BCUT2D eigenvalue weighted by molar-refractivity contribution is -0.143. The summed E-state index contributed by atoms with van der Waals surface area (Å²) in [6.07, 6.45) is 1.91. The number of halogens is 4. The monoisotopic (exact) mass is 581 g/mol. The van der Waals surface area contributed by atoms with Gasteiger partial charge in [-0.2, -0.15) is 0 Å². The number of hydroxylamine groups is 1. The maximum absolute atomic E-state index is 15.7. The molecule has 6 nitrogen and oxygen atoms in total. The van der Waals surface area contributed by atoms with Crippen LogP contribution in [0.25, 0.3) is 10.9 Å². The number of ether oxygens (including phenoxy) is 1. The number of methoxy groups -OCH3 is 1. The summed E-state index contributed by atoms with van der Waals surface area (Å²) in [5.41, 5.74) is 1.77. The van der Waals surface area contributed by atoms with E-state index in [9.17, 15) is 18.8 Å². The number of carbonyl (C=O) groups excluding carboxylic acids is 1. The first kappa shape index (κ1) is 29.5. The van der Waals surface area contributed by atoms with E-state index in [4.69, 9.17) is 16.3 Å². The molecule has 39 heavy (non-hydrogen) atoms. The highest BCUT2D eigenvalue weighted by Gasteiger charge is 2.41. The Morgan fingerprint density at radius 1 is 1.28 bits per heavy atom. The quantitative estimate of drug-likeness (QED) is 0.113. The average molecular weight is 582 g/mol. The van der Waals surface area contributed by atoms with E-state index < -0.39 is 29.1 Å². The zero-order chi connectivity index (χ0) is 28.0. The van der Waals surface area contributed by atoms with Gasteiger partial charge in [0, 0.05) is 22.0 Å². The molecule has 0 bridgehead atoms. The van der Waals surface area contributed by atoms with E-state index in [0.29, 0.717) is 53.9 Å². The molecular formula is C28H31ClF3N3O3S. The topological polar surface area (TPSA) is 74.7 Å². The molecule has 0 unspecified atom stereocenters. The van der Waals surface area contributed by atoms with Crippen molar-refractivity contribution in [3.05, 3.63) is 64.8 Å². The van der Waals surface area contributed by atoms with Crippen LogP contribution < -0.4 is 10.2 Å². The molecule has 2 aromatic carbocycles. The molecule has 0 aliphatic carbocycles. The zero-order valence-corrected chi connectivity index (χ0v) is 23.1. The Bertz CT molecular complexity index is 1310. The molecule has 4 rings (SSSR count). The van der Waals surface area contributed by atoms with Gasteiger partial charge in [-0.05, 0) is 87.8 Å². The zero-order valence-electron chi connectivity index (χ0n) is 21.6. The second-order valence-electron chi connectivity index (χ2n) is 9.73. The highest BCUT2D eigenvalue weighted by Crippen LogP contribution is 2.42. The SMILES string of the molecule is COc1ccc2ncc(Cl)c([C@H](F)CCC3(C(=O)NO)CCN(CCCSc4cccc(F)c4F)CC3)c2c1. The number of fused-ring (bicyclic) bond motifs is 1. The van der Waals surface area contributed by atoms with Gasteiger partial charge >= 0.3 is 0 Å². The summed E-state index contributed by atoms with van der Waals surface area (Å²) in [5.74, 6) is -1.02. The molecule has 1 aliphatic heterocycles. The Balaban J connectivity index is 1.35. The number of hydrogen-bond acceptors (Lipinski definition) is 6. The summed E-state index contributed by atoms with van der Waals surface area (Å²) >= 11 is 7.63. The molecule has 1 aromatic heterocycles. The number of piperidine rings is 1. The number of rotatable bonds is 11. The van der Waals surface area contributed by atoms with Crippen LogP contribution in [-0.2, 0) is 4.79 Å². The number of hydrogen-bond donors (Lipinski definition) is 2. The minimum atomic E-state index is -1.45. The van der Waals surface area contributed by atoms with Crippen LogP contribution in [0.15, 0.2) is 47.5 Å². The van der Waals surface area contributed by atoms with Gasteiger partial charge in [0.1, 0.15) is 11.9 Å². The third-order valence-corrected chi connectivity index (χ3v) is 8.87. The van der Waals surface area contributed by atoms with Gasteiger partial charge in [-0.25, -0.2) is 18.7 Å². The van der Waals surface area contributed by atoms with Crippen molar-refractivity contribution in [3.63, 3.8) is 0 Å². The summed E-state index contributed by atoms with van der Waals surface area (Å²) in [6.45, 7) is 1.92. The van der Waals surface area contributed by atoms with Crippen LogP contribution in [0.1, 0.15) is 43.8 Å². The van der Waals surface area contributed by atoms with Gasteiger partial charge in [-0.15, -0.1) is 11.8 Å². The Morgan fingerprint density at radius 2 is 2.05 bits per heavy atom. The van der Waals surface area contributed by atoms with E-state index in [1.54, 1.807) is 29.7 Å². The molecule has 2 N–H and O–H groups in total. The third kappa shape index (κ3) is 6.80. The molecule has 0 radical (unpaired) electrons. The number of carbonyl (C=O) groups is 1. The molecule has 1 saturated heterocycles. The third-order valence-electron chi connectivity index (χ3n) is 7.45. The fourth-order valence-electron chi connectivity index (χ4n) is 5.14. The molecule has 0 saturated carbocycles. The van der Waals surface area contributed by atoms with Crippen molar-refractivity contribution < 1.29 is 27.9 Å². The molecule has 1 fully saturated rings. The molecule has 0 spiro atoms. The summed E-state index contributed by atoms with van der Waals surface area (Å²) in [7, 11) is 1.53. The second kappa shape index (κ2) is 13.2. The van der Waals surface area contributed by atoms with Gasteiger partial charge in [0.05, 0.1) is 23.1 Å². The van der Waals surface area contributed by atoms with Gasteiger partial charge in [0.25, 0.3) is 0 Å². The fraction of sp³-hybridized carbons (Fsp3) is 0.429. The number of amides is 1. The van der Waals surface area contributed by atoms with Crippen LogP contribution in [0, 0.1) is 17.0 Å². The van der Waals surface area contributed by atoms with E-state index in [1.165, 1.54) is 31.1 Å². The van der Waals surface area contributed by atoms with Crippen LogP contribution >= 0.6 is 23.4 Å². The highest BCUT2D eigenvalue weighted by atomic mass is 35.5. The number of thioether (sulfide) groups is 1. The molecule has 1 amide bonds. The molecule has 3 aromatic rings. The number of likely N-dealkylation sites (tertiary alicyclic amines) is 1. The minimum absolute atomic E-state index is 0.0410. The summed E-state index contributed by atoms with van der Waals surface area (Å²) in [4.78, 5) is 19.5. The molecule has 11 heteroatoms. The lowest BCUT2D eigenvalue weighted by Crippen LogP contribution is -2.48. The van der Waals surface area contributed by atoms with Crippen molar-refractivity contribution in [1.29, 1.82) is 0 Å². The Hall–Kier alpha value is -2.53. The number of nitrogens with one attached hydrogen (secondary N) is 1. The lowest BCUT2D eigenvalue weighted by Gasteiger charge is -2.40. The first-order valence-electron chi connectivity index (χ1n) is 12.8. The van der Waals surface area contributed by atoms with Crippen molar-refractivity contribution in [2.24, 2.45) is 5.41 Å². The first-order chi connectivity index (χ1) is 18.8. The van der Waals surface area contributed by atoms with Gasteiger partial charge in [-0.1, -0.05) is 17.7 Å².